The van der Waals surface area contributed by atoms with Crippen LogP contribution in [0.15, 0.2) is 237 Å². The Morgan fingerprint density at radius 1 is 0.290 bits per heavy atom. The quantitative estimate of drug-likeness (QED) is 0.158. The fraction of sp³-hybridized carbons (Fsp3) is 0. The fourth-order valence-corrected chi connectivity index (χ4v) is 9.51. The molecule has 0 fully saturated rings. The van der Waals surface area contributed by atoms with E-state index in [0.29, 0.717) is 0 Å². The van der Waals surface area contributed by atoms with E-state index in [1.807, 2.05) is 0 Å². The van der Waals surface area contributed by atoms with Crippen LogP contribution in [0.25, 0.3) is 111 Å². The summed E-state index contributed by atoms with van der Waals surface area (Å²) < 4.78 is 4.49. The fourth-order valence-electron chi connectivity index (χ4n) is 9.51. The molecular weight excluding hydrogens is 751 g/mol. The third-order valence-electron chi connectivity index (χ3n) is 12.4. The second-order valence-electron chi connectivity index (χ2n) is 15.9. The minimum Gasteiger partial charge on any atom is -0.309 e. The number of para-hydroxylation sites is 2. The molecule has 0 N–H and O–H groups in total. The van der Waals surface area contributed by atoms with Gasteiger partial charge in [-0.05, 0) is 97.4 Å². The Bertz CT molecular complexity index is 3560. The average Bonchev–Trinajstić information content (AvgIpc) is 3.94. The van der Waals surface area contributed by atoms with Crippen molar-refractivity contribution >= 4 is 43.4 Å². The van der Waals surface area contributed by atoms with E-state index < -0.39 is 0 Å². The number of benzene rings is 10. The predicted octanol–water partition coefficient (Wildman–Crippen LogP) is 15.6. The van der Waals surface area contributed by atoms with Crippen LogP contribution in [0.2, 0.25) is 0 Å². The van der Waals surface area contributed by atoms with E-state index in [0.717, 1.165) is 39.5 Å². The molecule has 3 heteroatoms. The van der Waals surface area contributed by atoms with Gasteiger partial charge in [0.25, 0.3) is 0 Å². The molecule has 0 amide bonds. The predicted molar refractivity (Wildman–Crippen MR) is 260 cm³/mol. The Balaban J connectivity index is 0.934. The van der Waals surface area contributed by atoms with Crippen LogP contribution in [-0.4, -0.2) is 14.3 Å². The molecule has 2 aromatic heterocycles. The average molecular weight is 790 g/mol. The molecule has 0 radical (unpaired) electrons. The van der Waals surface area contributed by atoms with Crippen LogP contribution in [0.1, 0.15) is 0 Å². The summed E-state index contributed by atoms with van der Waals surface area (Å²) in [4.78, 5) is 0. The summed E-state index contributed by atoms with van der Waals surface area (Å²) in [6, 6.07) is 85.2. The molecule has 290 valence electrons. The zero-order valence-corrected chi connectivity index (χ0v) is 33.9. The molecule has 0 unspecified atom stereocenters. The molecule has 3 nitrogen and oxygen atoms in total. The summed E-state index contributed by atoms with van der Waals surface area (Å²) in [5, 5.41) is 12.7. The van der Waals surface area contributed by atoms with Crippen LogP contribution in [0.3, 0.4) is 0 Å². The van der Waals surface area contributed by atoms with E-state index in [2.05, 4.69) is 246 Å². The van der Waals surface area contributed by atoms with Gasteiger partial charge >= 0.3 is 0 Å². The van der Waals surface area contributed by atoms with E-state index in [1.54, 1.807) is 0 Å². The third-order valence-corrected chi connectivity index (χ3v) is 12.4. The molecule has 12 rings (SSSR count). The normalized spacial score (nSPS) is 11.5. The second kappa shape index (κ2) is 14.8. The van der Waals surface area contributed by atoms with Crippen LogP contribution in [0, 0.1) is 0 Å². The highest BCUT2D eigenvalue weighted by molar-refractivity contribution is 6.09. The first-order valence-corrected chi connectivity index (χ1v) is 21.2. The van der Waals surface area contributed by atoms with Crippen molar-refractivity contribution in [3.63, 3.8) is 0 Å². The highest BCUT2D eigenvalue weighted by Gasteiger charge is 2.19. The lowest BCUT2D eigenvalue weighted by Crippen LogP contribution is -2.00. The van der Waals surface area contributed by atoms with Crippen molar-refractivity contribution in [3.05, 3.63) is 237 Å². The molecule has 2 heterocycles. The summed E-state index contributed by atoms with van der Waals surface area (Å²) in [5.74, 6) is 0. The van der Waals surface area contributed by atoms with Gasteiger partial charge in [-0.1, -0.05) is 194 Å². The van der Waals surface area contributed by atoms with E-state index in [4.69, 9.17) is 5.10 Å². The smallest absolute Gasteiger partial charge is 0.0940 e. The van der Waals surface area contributed by atoms with Gasteiger partial charge in [-0.2, -0.15) is 5.10 Å². The van der Waals surface area contributed by atoms with E-state index >= 15 is 0 Å². The molecule has 0 atom stereocenters. The summed E-state index contributed by atoms with van der Waals surface area (Å²) in [7, 11) is 0. The molecule has 12 aromatic rings. The molecule has 62 heavy (non-hydrogen) atoms. The molecule has 0 saturated heterocycles. The van der Waals surface area contributed by atoms with E-state index in [1.165, 1.54) is 71.2 Å². The maximum Gasteiger partial charge on any atom is 0.0940 e. The SMILES string of the molecule is c1ccc(-c2ccccc2-c2ccc(-n3c4ccccc4c4ccccc43)cc2)c(-c2ccc(-n3nc(-c4cccc5ccccc45)cc3-c3cccc4ccccc34)cc2)c1. The van der Waals surface area contributed by atoms with Crippen molar-refractivity contribution in [2.75, 3.05) is 0 Å². The number of aromatic nitrogens is 3. The van der Waals surface area contributed by atoms with Gasteiger partial charge in [-0.3, -0.25) is 0 Å². The van der Waals surface area contributed by atoms with Gasteiger partial charge in [0, 0.05) is 27.6 Å². The molecule has 0 aliphatic rings. The highest BCUT2D eigenvalue weighted by Crippen LogP contribution is 2.41. The number of fused-ring (bicyclic) bond motifs is 5. The molecule has 0 bridgehead atoms. The summed E-state index contributed by atoms with van der Waals surface area (Å²) >= 11 is 0. The second-order valence-corrected chi connectivity index (χ2v) is 15.9. The van der Waals surface area contributed by atoms with Crippen LogP contribution < -0.4 is 0 Å². The summed E-state index contributed by atoms with van der Waals surface area (Å²) in [5.41, 5.74) is 15.9. The van der Waals surface area contributed by atoms with Gasteiger partial charge in [0.1, 0.15) is 0 Å². The standard InChI is InChI=1S/C59H39N3/c1-3-21-48-40(15-1)17-13-27-52(48)56-39-59(53-28-14-18-41-16-2-4-22-49(41)53)62(60-56)45-37-33-43(34-38-45)47-20-6-8-24-51(47)50-23-7-5-19-46(50)42-31-35-44(36-32-42)61-57-29-11-9-25-54(57)55-26-10-12-30-58(55)61/h1-39H. The lowest BCUT2D eigenvalue weighted by Gasteiger charge is -2.16. The number of rotatable bonds is 7. The monoisotopic (exact) mass is 789 g/mol. The molecule has 0 saturated carbocycles. The first-order chi connectivity index (χ1) is 30.8. The zero-order valence-electron chi connectivity index (χ0n) is 33.9. The van der Waals surface area contributed by atoms with Gasteiger partial charge in [0.2, 0.25) is 0 Å². The molecule has 0 aliphatic carbocycles. The Morgan fingerprint density at radius 3 is 1.26 bits per heavy atom. The Kier molecular flexibility index (Phi) is 8.50. The number of hydrogen-bond acceptors (Lipinski definition) is 1. The third kappa shape index (κ3) is 5.94. The van der Waals surface area contributed by atoms with Gasteiger partial charge in [0.05, 0.1) is 28.1 Å². The lowest BCUT2D eigenvalue weighted by atomic mass is 9.89. The number of nitrogens with zero attached hydrogens (tertiary/aromatic N) is 3. The molecular formula is C59H39N3. The minimum atomic E-state index is 0.943. The van der Waals surface area contributed by atoms with Gasteiger partial charge in [-0.15, -0.1) is 0 Å². The van der Waals surface area contributed by atoms with E-state index in [-0.39, 0.29) is 0 Å². The minimum absolute atomic E-state index is 0.943. The van der Waals surface area contributed by atoms with Crippen LogP contribution in [0.5, 0.6) is 0 Å². The van der Waals surface area contributed by atoms with Crippen molar-refractivity contribution < 1.29 is 0 Å². The maximum absolute atomic E-state index is 5.36. The first-order valence-electron chi connectivity index (χ1n) is 21.2. The topological polar surface area (TPSA) is 22.8 Å². The van der Waals surface area contributed by atoms with Crippen molar-refractivity contribution in [1.82, 2.24) is 14.3 Å². The number of hydrogen-bond donors (Lipinski definition) is 0. The summed E-state index contributed by atoms with van der Waals surface area (Å²) in [6.45, 7) is 0. The van der Waals surface area contributed by atoms with Crippen molar-refractivity contribution in [3.8, 4) is 67.3 Å². The van der Waals surface area contributed by atoms with Gasteiger partial charge in [-0.25, -0.2) is 4.68 Å². The highest BCUT2D eigenvalue weighted by atomic mass is 15.3. The van der Waals surface area contributed by atoms with Crippen LogP contribution in [-0.2, 0) is 0 Å². The molecule has 0 spiro atoms. The van der Waals surface area contributed by atoms with Crippen molar-refractivity contribution in [2.24, 2.45) is 0 Å². The molecule has 0 aliphatic heterocycles. The largest absolute Gasteiger partial charge is 0.309 e. The maximum atomic E-state index is 5.36. The Hall–Kier alpha value is -8.27. The Labute approximate surface area is 360 Å². The first kappa shape index (κ1) is 35.7. The van der Waals surface area contributed by atoms with E-state index in [9.17, 15) is 0 Å². The van der Waals surface area contributed by atoms with Crippen molar-refractivity contribution in [1.29, 1.82) is 0 Å². The van der Waals surface area contributed by atoms with Gasteiger partial charge in [0.15, 0.2) is 0 Å². The lowest BCUT2D eigenvalue weighted by molar-refractivity contribution is 0.893. The zero-order chi connectivity index (χ0) is 41.0. The van der Waals surface area contributed by atoms with Crippen LogP contribution in [0.4, 0.5) is 0 Å². The Morgan fingerprint density at radius 2 is 0.694 bits per heavy atom. The summed E-state index contributed by atoms with van der Waals surface area (Å²) in [6.07, 6.45) is 0. The van der Waals surface area contributed by atoms with Crippen molar-refractivity contribution in [2.45, 2.75) is 0 Å². The van der Waals surface area contributed by atoms with Gasteiger partial charge < -0.3 is 4.57 Å². The van der Waals surface area contributed by atoms with Crippen LogP contribution >= 0.6 is 0 Å². The molecule has 10 aromatic carbocycles.